The highest BCUT2D eigenvalue weighted by atomic mass is 16.2. The van der Waals surface area contributed by atoms with E-state index in [4.69, 9.17) is 5.73 Å². The van der Waals surface area contributed by atoms with Crippen molar-refractivity contribution in [3.05, 3.63) is 0 Å². The second kappa shape index (κ2) is 6.02. The summed E-state index contributed by atoms with van der Waals surface area (Å²) in [6, 6.07) is 0.599. The summed E-state index contributed by atoms with van der Waals surface area (Å²) >= 11 is 0. The van der Waals surface area contributed by atoms with Gasteiger partial charge in [-0.1, -0.05) is 13.8 Å². The van der Waals surface area contributed by atoms with Gasteiger partial charge in [0.05, 0.1) is 5.92 Å². The van der Waals surface area contributed by atoms with Gasteiger partial charge in [0.2, 0.25) is 5.91 Å². The standard InChI is InChI=1S/C14H27N3O/c1-11(2)13(9-15)14(18)17-8-5-12(10-17)16-6-3-4-7-16/h11-13H,3-10,15H2,1-2H3. The van der Waals surface area contributed by atoms with E-state index in [-0.39, 0.29) is 11.8 Å². The largest absolute Gasteiger partial charge is 0.341 e. The zero-order valence-electron chi connectivity index (χ0n) is 11.8. The topological polar surface area (TPSA) is 49.6 Å². The minimum Gasteiger partial charge on any atom is -0.341 e. The minimum absolute atomic E-state index is 0.00216. The molecule has 0 spiro atoms. The summed E-state index contributed by atoms with van der Waals surface area (Å²) in [5.41, 5.74) is 5.74. The first-order valence-electron chi connectivity index (χ1n) is 7.36. The first-order valence-corrected chi connectivity index (χ1v) is 7.36. The van der Waals surface area contributed by atoms with Crippen molar-refractivity contribution in [2.45, 2.75) is 39.2 Å². The molecule has 2 aliphatic rings. The lowest BCUT2D eigenvalue weighted by Gasteiger charge is -2.27. The van der Waals surface area contributed by atoms with Gasteiger partial charge in [-0.15, -0.1) is 0 Å². The molecule has 2 unspecified atom stereocenters. The van der Waals surface area contributed by atoms with E-state index >= 15 is 0 Å². The Balaban J connectivity index is 1.89. The van der Waals surface area contributed by atoms with Gasteiger partial charge in [0.25, 0.3) is 0 Å². The highest BCUT2D eigenvalue weighted by Gasteiger charge is 2.34. The summed E-state index contributed by atoms with van der Waals surface area (Å²) in [5.74, 6) is 0.616. The molecule has 1 amide bonds. The van der Waals surface area contributed by atoms with Crippen LogP contribution in [0.3, 0.4) is 0 Å². The van der Waals surface area contributed by atoms with Crippen LogP contribution in [0, 0.1) is 11.8 Å². The fraction of sp³-hybridized carbons (Fsp3) is 0.929. The van der Waals surface area contributed by atoms with Crippen molar-refractivity contribution >= 4 is 5.91 Å². The molecule has 0 aromatic heterocycles. The van der Waals surface area contributed by atoms with Crippen LogP contribution in [0.4, 0.5) is 0 Å². The van der Waals surface area contributed by atoms with Gasteiger partial charge in [-0.2, -0.15) is 0 Å². The monoisotopic (exact) mass is 253 g/mol. The van der Waals surface area contributed by atoms with E-state index in [1.165, 1.54) is 25.9 Å². The maximum Gasteiger partial charge on any atom is 0.227 e. The van der Waals surface area contributed by atoms with Crippen LogP contribution in [0.2, 0.25) is 0 Å². The highest BCUT2D eigenvalue weighted by Crippen LogP contribution is 2.23. The Bertz CT molecular complexity index is 287. The van der Waals surface area contributed by atoms with Gasteiger partial charge in [-0.05, 0) is 38.3 Å². The summed E-state index contributed by atoms with van der Waals surface area (Å²) in [7, 11) is 0. The molecule has 0 saturated carbocycles. The highest BCUT2D eigenvalue weighted by molar-refractivity contribution is 5.79. The molecule has 2 heterocycles. The van der Waals surface area contributed by atoms with Gasteiger partial charge >= 0.3 is 0 Å². The second-order valence-corrected chi connectivity index (χ2v) is 6.06. The summed E-state index contributed by atoms with van der Waals surface area (Å²) < 4.78 is 0. The van der Waals surface area contributed by atoms with Gasteiger partial charge in [-0.25, -0.2) is 0 Å². The average molecular weight is 253 g/mol. The molecular weight excluding hydrogens is 226 g/mol. The molecule has 2 rings (SSSR count). The number of amides is 1. The van der Waals surface area contributed by atoms with Crippen molar-refractivity contribution in [3.63, 3.8) is 0 Å². The zero-order chi connectivity index (χ0) is 13.1. The quantitative estimate of drug-likeness (QED) is 0.810. The smallest absolute Gasteiger partial charge is 0.227 e. The molecule has 0 aliphatic carbocycles. The van der Waals surface area contributed by atoms with Gasteiger partial charge in [0.1, 0.15) is 0 Å². The van der Waals surface area contributed by atoms with Crippen LogP contribution in [0.1, 0.15) is 33.1 Å². The van der Waals surface area contributed by atoms with Gasteiger partial charge < -0.3 is 10.6 Å². The lowest BCUT2D eigenvalue weighted by Crippen LogP contribution is -2.42. The number of carbonyl (C=O) groups is 1. The van der Waals surface area contributed by atoms with E-state index < -0.39 is 0 Å². The average Bonchev–Trinajstić information content (AvgIpc) is 3.00. The molecule has 0 aromatic carbocycles. The molecule has 4 nitrogen and oxygen atoms in total. The molecule has 2 saturated heterocycles. The van der Waals surface area contributed by atoms with E-state index in [1.807, 2.05) is 4.90 Å². The van der Waals surface area contributed by atoms with Gasteiger partial charge in [0, 0.05) is 25.7 Å². The molecule has 2 N–H and O–H groups in total. The lowest BCUT2D eigenvalue weighted by molar-refractivity contribution is -0.135. The van der Waals surface area contributed by atoms with Crippen molar-refractivity contribution in [2.75, 3.05) is 32.7 Å². The fourth-order valence-corrected chi connectivity index (χ4v) is 3.24. The first-order chi connectivity index (χ1) is 8.63. The number of hydrogen-bond donors (Lipinski definition) is 1. The van der Waals surface area contributed by atoms with Crippen LogP contribution in [-0.2, 0) is 4.79 Å². The van der Waals surface area contributed by atoms with Crippen molar-refractivity contribution in [3.8, 4) is 0 Å². The van der Waals surface area contributed by atoms with Gasteiger partial charge in [0.15, 0.2) is 0 Å². The molecule has 0 radical (unpaired) electrons. The van der Waals surface area contributed by atoms with Crippen LogP contribution in [0.15, 0.2) is 0 Å². The van der Waals surface area contributed by atoms with E-state index in [0.717, 1.165) is 19.5 Å². The number of nitrogens with two attached hydrogens (primary N) is 1. The van der Waals surface area contributed by atoms with E-state index in [0.29, 0.717) is 18.5 Å². The number of carbonyl (C=O) groups excluding carboxylic acids is 1. The van der Waals surface area contributed by atoms with Crippen LogP contribution in [-0.4, -0.2) is 54.5 Å². The molecule has 2 aliphatic heterocycles. The van der Waals surface area contributed by atoms with Crippen LogP contribution in [0.5, 0.6) is 0 Å². The van der Waals surface area contributed by atoms with Crippen molar-refractivity contribution in [2.24, 2.45) is 17.6 Å². The third-order valence-electron chi connectivity index (χ3n) is 4.51. The Morgan fingerprint density at radius 3 is 2.50 bits per heavy atom. The predicted octanol–water partition coefficient (Wildman–Crippen LogP) is 0.914. The van der Waals surface area contributed by atoms with Crippen LogP contribution >= 0.6 is 0 Å². The van der Waals surface area contributed by atoms with Crippen LogP contribution in [0.25, 0.3) is 0 Å². The Kier molecular flexibility index (Phi) is 4.62. The minimum atomic E-state index is 0.00216. The summed E-state index contributed by atoms with van der Waals surface area (Å²) in [5, 5.41) is 0. The Labute approximate surface area is 110 Å². The van der Waals surface area contributed by atoms with Gasteiger partial charge in [-0.3, -0.25) is 9.69 Å². The SMILES string of the molecule is CC(C)C(CN)C(=O)N1CCC(N2CCCC2)C1. The number of rotatable bonds is 4. The lowest BCUT2D eigenvalue weighted by atomic mass is 9.94. The third-order valence-corrected chi connectivity index (χ3v) is 4.51. The van der Waals surface area contributed by atoms with Crippen LogP contribution < -0.4 is 5.73 Å². The Hall–Kier alpha value is -0.610. The predicted molar refractivity (Wildman–Crippen MR) is 73.2 cm³/mol. The molecule has 104 valence electrons. The number of hydrogen-bond acceptors (Lipinski definition) is 3. The third kappa shape index (κ3) is 2.86. The number of likely N-dealkylation sites (tertiary alicyclic amines) is 2. The number of nitrogens with zero attached hydrogens (tertiary/aromatic N) is 2. The van der Waals surface area contributed by atoms with E-state index in [1.54, 1.807) is 0 Å². The fourth-order valence-electron chi connectivity index (χ4n) is 3.24. The molecule has 0 aromatic rings. The maximum atomic E-state index is 12.4. The maximum absolute atomic E-state index is 12.4. The molecular formula is C14H27N3O. The van der Waals surface area contributed by atoms with Crippen molar-refractivity contribution < 1.29 is 4.79 Å². The first kappa shape index (κ1) is 13.8. The summed E-state index contributed by atoms with van der Waals surface area (Å²) in [6.07, 6.45) is 3.78. The van der Waals surface area contributed by atoms with E-state index in [9.17, 15) is 4.79 Å². The normalized spacial score (nSPS) is 27.1. The molecule has 18 heavy (non-hydrogen) atoms. The molecule has 0 bridgehead atoms. The van der Waals surface area contributed by atoms with Crippen molar-refractivity contribution in [1.29, 1.82) is 0 Å². The Morgan fingerprint density at radius 1 is 1.28 bits per heavy atom. The zero-order valence-corrected chi connectivity index (χ0v) is 11.8. The van der Waals surface area contributed by atoms with E-state index in [2.05, 4.69) is 18.7 Å². The van der Waals surface area contributed by atoms with Crippen molar-refractivity contribution in [1.82, 2.24) is 9.80 Å². The molecule has 2 fully saturated rings. The molecule has 4 heteroatoms. The second-order valence-electron chi connectivity index (χ2n) is 6.06. The summed E-state index contributed by atoms with van der Waals surface area (Å²) in [6.45, 7) is 8.92. The molecule has 2 atom stereocenters. The summed E-state index contributed by atoms with van der Waals surface area (Å²) in [4.78, 5) is 17.0. The Morgan fingerprint density at radius 2 is 1.94 bits per heavy atom.